The molecule has 0 spiro atoms. The number of rotatable bonds is 7. The Kier molecular flexibility index (Phi) is 6.48. The first kappa shape index (κ1) is 26.8. The molecule has 206 valence electrons. The highest BCUT2D eigenvalue weighted by Crippen LogP contribution is 2.47. The van der Waals surface area contributed by atoms with Crippen molar-refractivity contribution in [2.45, 2.75) is 25.7 Å². The lowest BCUT2D eigenvalue weighted by molar-refractivity contribution is -0.137. The van der Waals surface area contributed by atoms with Crippen molar-refractivity contribution in [1.29, 1.82) is 0 Å². The molecule has 1 aliphatic heterocycles. The maximum absolute atomic E-state index is 14.6. The van der Waals surface area contributed by atoms with Crippen LogP contribution in [0.25, 0.3) is 22.2 Å². The van der Waals surface area contributed by atoms with Gasteiger partial charge in [-0.2, -0.15) is 13.2 Å². The van der Waals surface area contributed by atoms with Crippen LogP contribution in [0.2, 0.25) is 0 Å². The van der Waals surface area contributed by atoms with Gasteiger partial charge in [0.05, 0.1) is 48.7 Å². The van der Waals surface area contributed by atoms with E-state index in [1.165, 1.54) is 42.0 Å². The van der Waals surface area contributed by atoms with Gasteiger partial charge < -0.3 is 9.47 Å². The van der Waals surface area contributed by atoms with Crippen LogP contribution in [0.4, 0.5) is 17.6 Å². The van der Waals surface area contributed by atoms with Crippen molar-refractivity contribution in [2.75, 3.05) is 25.7 Å². The Hall–Kier alpha value is -3.80. The number of benzene rings is 3. The summed E-state index contributed by atoms with van der Waals surface area (Å²) in [6.07, 6.45) is -3.74. The zero-order valence-electron chi connectivity index (χ0n) is 21.2. The van der Waals surface area contributed by atoms with Crippen LogP contribution in [-0.4, -0.2) is 43.3 Å². The monoisotopic (exact) mass is 564 g/mol. The standard InChI is InChI=1S/C27H24F4N2O5S/c1-4-38-24-12-18-17(11-23(24)37-2)19-9-16(27(29,30)31)10-21-25(19)33(22(18)14-39(3,35)36)26(34)32(21)13-15-7-5-6-8-20(15)28/h5-12,22H,4,13-14H2,1-3H3/t22-/m0/s1. The van der Waals surface area contributed by atoms with E-state index >= 15 is 0 Å². The van der Waals surface area contributed by atoms with Crippen LogP contribution in [-0.2, 0) is 22.6 Å². The summed E-state index contributed by atoms with van der Waals surface area (Å²) in [4.78, 5) is 13.9. The first-order chi connectivity index (χ1) is 18.3. The Labute approximate surface area is 221 Å². The van der Waals surface area contributed by atoms with Gasteiger partial charge in [0, 0.05) is 17.4 Å². The number of imidazole rings is 1. The molecule has 1 atom stereocenters. The molecule has 0 N–H and O–H groups in total. The van der Waals surface area contributed by atoms with E-state index in [1.54, 1.807) is 13.0 Å². The highest BCUT2D eigenvalue weighted by atomic mass is 32.2. The number of halogens is 4. The highest BCUT2D eigenvalue weighted by Gasteiger charge is 2.38. The third-order valence-corrected chi connectivity index (χ3v) is 7.65. The minimum Gasteiger partial charge on any atom is -0.493 e. The van der Waals surface area contributed by atoms with Crippen molar-refractivity contribution >= 4 is 20.9 Å². The normalized spacial score (nSPS) is 14.9. The van der Waals surface area contributed by atoms with Gasteiger partial charge >= 0.3 is 11.9 Å². The second kappa shape index (κ2) is 9.44. The minimum absolute atomic E-state index is 0.0744. The van der Waals surface area contributed by atoms with Crippen LogP contribution in [0, 0.1) is 5.82 Å². The van der Waals surface area contributed by atoms with Crippen molar-refractivity contribution in [1.82, 2.24) is 9.13 Å². The van der Waals surface area contributed by atoms with Gasteiger partial charge in [0.15, 0.2) is 11.5 Å². The Balaban J connectivity index is 1.92. The van der Waals surface area contributed by atoms with E-state index in [1.807, 2.05) is 0 Å². The van der Waals surface area contributed by atoms with E-state index in [-0.39, 0.29) is 52.4 Å². The molecular formula is C27H24F4N2O5S. The third kappa shape index (κ3) is 4.66. The molecule has 12 heteroatoms. The molecule has 5 rings (SSSR count). The predicted molar refractivity (Wildman–Crippen MR) is 138 cm³/mol. The lowest BCUT2D eigenvalue weighted by Crippen LogP contribution is -2.33. The van der Waals surface area contributed by atoms with E-state index in [2.05, 4.69) is 0 Å². The second-order valence-electron chi connectivity index (χ2n) is 9.35. The average molecular weight is 565 g/mol. The lowest BCUT2D eigenvalue weighted by atomic mass is 9.89. The average Bonchev–Trinajstić information content (AvgIpc) is 3.13. The summed E-state index contributed by atoms with van der Waals surface area (Å²) < 4.78 is 95.2. The zero-order chi connectivity index (χ0) is 28.3. The second-order valence-corrected chi connectivity index (χ2v) is 11.5. The van der Waals surface area contributed by atoms with Crippen molar-refractivity contribution in [3.05, 3.63) is 81.5 Å². The summed E-state index contributed by atoms with van der Waals surface area (Å²) in [5, 5.41) is 0. The first-order valence-corrected chi connectivity index (χ1v) is 14.0. The molecule has 0 saturated carbocycles. The van der Waals surface area contributed by atoms with Crippen molar-refractivity contribution in [3.63, 3.8) is 0 Å². The Bertz CT molecular complexity index is 1770. The molecule has 0 radical (unpaired) electrons. The fourth-order valence-electron chi connectivity index (χ4n) is 5.12. The molecule has 3 aromatic carbocycles. The fourth-order valence-corrected chi connectivity index (χ4v) is 6.02. The van der Waals surface area contributed by atoms with E-state index in [4.69, 9.17) is 9.47 Å². The van der Waals surface area contributed by atoms with Crippen LogP contribution in [0.5, 0.6) is 11.5 Å². The summed E-state index contributed by atoms with van der Waals surface area (Å²) in [5.74, 6) is -0.644. The topological polar surface area (TPSA) is 79.5 Å². The molecule has 0 bridgehead atoms. The van der Waals surface area contributed by atoms with Crippen LogP contribution in [0.3, 0.4) is 0 Å². The number of hydrogen-bond donors (Lipinski definition) is 0. The van der Waals surface area contributed by atoms with Gasteiger partial charge in [-0.1, -0.05) is 18.2 Å². The lowest BCUT2D eigenvalue weighted by Gasteiger charge is -2.29. The van der Waals surface area contributed by atoms with Crippen molar-refractivity contribution < 1.29 is 35.5 Å². The first-order valence-electron chi connectivity index (χ1n) is 12.0. The minimum atomic E-state index is -4.76. The number of nitrogens with zero attached hydrogens (tertiary/aromatic N) is 2. The summed E-state index contributed by atoms with van der Waals surface area (Å²) in [5.41, 5.74) is -1.00. The van der Waals surface area contributed by atoms with Gasteiger partial charge in [-0.15, -0.1) is 0 Å². The third-order valence-electron chi connectivity index (χ3n) is 6.73. The fraction of sp³-hybridized carbons (Fsp3) is 0.296. The SMILES string of the molecule is CCOc1cc2c(cc1OC)-c1cc(C(F)(F)F)cc3c1n(c(=O)n3Cc1ccccc1F)[C@H]2CS(C)(=O)=O. The smallest absolute Gasteiger partial charge is 0.416 e. The molecule has 0 aliphatic carbocycles. The molecule has 7 nitrogen and oxygen atoms in total. The Morgan fingerprint density at radius 3 is 2.36 bits per heavy atom. The molecule has 39 heavy (non-hydrogen) atoms. The number of aromatic nitrogens is 2. The van der Waals surface area contributed by atoms with E-state index in [0.29, 0.717) is 5.56 Å². The Morgan fingerprint density at radius 2 is 1.74 bits per heavy atom. The maximum Gasteiger partial charge on any atom is 0.416 e. The van der Waals surface area contributed by atoms with E-state index in [9.17, 15) is 30.8 Å². The highest BCUT2D eigenvalue weighted by molar-refractivity contribution is 7.90. The summed E-state index contributed by atoms with van der Waals surface area (Å²) in [6, 6.07) is 9.32. The quantitative estimate of drug-likeness (QED) is 0.294. The molecule has 1 aliphatic rings. The van der Waals surface area contributed by atoms with Gasteiger partial charge in [-0.05, 0) is 48.4 Å². The van der Waals surface area contributed by atoms with Crippen molar-refractivity contribution in [3.8, 4) is 22.6 Å². The van der Waals surface area contributed by atoms with Gasteiger partial charge in [0.2, 0.25) is 0 Å². The number of ether oxygens (including phenoxy) is 2. The number of fused-ring (bicyclic) bond motifs is 2. The summed E-state index contributed by atoms with van der Waals surface area (Å²) in [7, 11) is -2.31. The van der Waals surface area contributed by atoms with Crippen LogP contribution >= 0.6 is 0 Å². The molecule has 0 saturated heterocycles. The largest absolute Gasteiger partial charge is 0.493 e. The van der Waals surface area contributed by atoms with Gasteiger partial charge in [-0.3, -0.25) is 9.13 Å². The molecule has 4 aromatic rings. The number of methoxy groups -OCH3 is 1. The summed E-state index contributed by atoms with van der Waals surface area (Å²) >= 11 is 0. The summed E-state index contributed by atoms with van der Waals surface area (Å²) in [6.45, 7) is 1.61. The number of sulfone groups is 1. The Morgan fingerprint density at radius 1 is 1.03 bits per heavy atom. The molecular weight excluding hydrogens is 540 g/mol. The van der Waals surface area contributed by atoms with Gasteiger partial charge in [0.25, 0.3) is 0 Å². The van der Waals surface area contributed by atoms with Crippen molar-refractivity contribution in [2.24, 2.45) is 0 Å². The van der Waals surface area contributed by atoms with Crippen LogP contribution in [0.1, 0.15) is 29.7 Å². The molecule has 0 unspecified atom stereocenters. The molecule has 1 aromatic heterocycles. The van der Waals surface area contributed by atoms with E-state index in [0.717, 1.165) is 23.0 Å². The van der Waals surface area contributed by atoms with E-state index < -0.39 is 44.9 Å². The maximum atomic E-state index is 14.6. The van der Waals surface area contributed by atoms with Gasteiger partial charge in [0.1, 0.15) is 15.7 Å². The molecule has 0 amide bonds. The zero-order valence-corrected chi connectivity index (χ0v) is 22.0. The van der Waals surface area contributed by atoms with Crippen LogP contribution < -0.4 is 15.2 Å². The van der Waals surface area contributed by atoms with Gasteiger partial charge in [-0.25, -0.2) is 17.6 Å². The molecule has 2 heterocycles. The predicted octanol–water partition coefficient (Wildman–Crippen LogP) is 5.03. The molecule has 0 fully saturated rings. The number of alkyl halides is 3. The van der Waals surface area contributed by atoms with Crippen LogP contribution in [0.15, 0.2) is 53.3 Å². The number of hydrogen-bond acceptors (Lipinski definition) is 5.